The number of nitrogens with two attached hydrogens (primary N) is 1. The number of carbonyl (C=O) groups is 1. The molecule has 1 aromatic carbocycles. The monoisotopic (exact) mass is 293 g/mol. The number of anilines is 1. The average molecular weight is 294 g/mol. The average Bonchev–Trinajstić information content (AvgIpc) is 2.76. The molecule has 3 nitrogen and oxygen atoms in total. The fourth-order valence-electron chi connectivity index (χ4n) is 1.54. The second-order valence-electron chi connectivity index (χ2n) is 3.69. The van der Waals surface area contributed by atoms with Gasteiger partial charge in [0.25, 0.3) is 0 Å². The Labute approximate surface area is 108 Å². The van der Waals surface area contributed by atoms with E-state index in [1.165, 1.54) is 0 Å². The van der Waals surface area contributed by atoms with Crippen LogP contribution in [0.3, 0.4) is 0 Å². The molecular weight excluding hydrogens is 282 g/mol. The Balaban J connectivity index is 2.36. The number of halogens is 1. The van der Waals surface area contributed by atoms with Gasteiger partial charge in [-0.2, -0.15) is 0 Å². The van der Waals surface area contributed by atoms with E-state index in [-0.39, 0.29) is 5.78 Å². The van der Waals surface area contributed by atoms with Gasteiger partial charge in [-0.1, -0.05) is 6.92 Å². The van der Waals surface area contributed by atoms with Crippen molar-refractivity contribution in [2.75, 3.05) is 5.73 Å². The van der Waals surface area contributed by atoms with Gasteiger partial charge in [0.05, 0.1) is 0 Å². The molecule has 1 aromatic heterocycles. The summed E-state index contributed by atoms with van der Waals surface area (Å²) in [6.45, 7) is 1.98. The lowest BCUT2D eigenvalue weighted by Crippen LogP contribution is -2.01. The van der Waals surface area contributed by atoms with E-state index >= 15 is 0 Å². The molecule has 0 unspecified atom stereocenters. The van der Waals surface area contributed by atoms with Gasteiger partial charge >= 0.3 is 0 Å². The molecule has 2 aromatic rings. The predicted octanol–water partition coefficient (Wildman–Crippen LogP) is 3.42. The van der Waals surface area contributed by atoms with Crippen LogP contribution in [0.5, 0.6) is 0 Å². The number of rotatable bonds is 3. The SMILES string of the molecule is CCc1ccc(C(=O)c2ccc(N)cc2Br)o1. The fraction of sp³-hybridized carbons (Fsp3) is 0.154. The van der Waals surface area contributed by atoms with Gasteiger partial charge in [0, 0.05) is 22.1 Å². The number of furan rings is 1. The smallest absolute Gasteiger partial charge is 0.229 e. The Kier molecular flexibility index (Phi) is 3.33. The first kappa shape index (κ1) is 11.9. The van der Waals surface area contributed by atoms with E-state index in [4.69, 9.17) is 10.2 Å². The van der Waals surface area contributed by atoms with E-state index in [1.807, 2.05) is 13.0 Å². The van der Waals surface area contributed by atoms with Gasteiger partial charge in [0.2, 0.25) is 5.78 Å². The zero-order valence-corrected chi connectivity index (χ0v) is 11.0. The highest BCUT2D eigenvalue weighted by Gasteiger charge is 2.16. The molecule has 0 bridgehead atoms. The van der Waals surface area contributed by atoms with E-state index in [1.54, 1.807) is 24.3 Å². The van der Waals surface area contributed by atoms with Crippen LogP contribution in [0.2, 0.25) is 0 Å². The van der Waals surface area contributed by atoms with Gasteiger partial charge in [-0.15, -0.1) is 0 Å². The Morgan fingerprint density at radius 3 is 2.71 bits per heavy atom. The topological polar surface area (TPSA) is 56.2 Å². The molecule has 2 N–H and O–H groups in total. The first-order valence-corrected chi connectivity index (χ1v) is 6.09. The second kappa shape index (κ2) is 4.75. The van der Waals surface area contributed by atoms with Crippen LogP contribution in [0.15, 0.2) is 39.2 Å². The lowest BCUT2D eigenvalue weighted by atomic mass is 10.1. The van der Waals surface area contributed by atoms with Crippen LogP contribution in [-0.2, 0) is 6.42 Å². The number of benzene rings is 1. The molecule has 0 aliphatic carbocycles. The Morgan fingerprint density at radius 1 is 1.35 bits per heavy atom. The maximum atomic E-state index is 12.1. The minimum Gasteiger partial charge on any atom is -0.458 e. The van der Waals surface area contributed by atoms with Crippen molar-refractivity contribution >= 4 is 27.4 Å². The van der Waals surface area contributed by atoms with Crippen LogP contribution in [0, 0.1) is 0 Å². The molecule has 17 heavy (non-hydrogen) atoms. The van der Waals surface area contributed by atoms with Crippen molar-refractivity contribution in [1.29, 1.82) is 0 Å². The van der Waals surface area contributed by atoms with Crippen LogP contribution in [0.25, 0.3) is 0 Å². The molecule has 1 heterocycles. The lowest BCUT2D eigenvalue weighted by Gasteiger charge is -2.02. The molecule has 0 radical (unpaired) electrons. The summed E-state index contributed by atoms with van der Waals surface area (Å²) in [6.07, 6.45) is 0.774. The van der Waals surface area contributed by atoms with Crippen molar-refractivity contribution in [2.24, 2.45) is 0 Å². The van der Waals surface area contributed by atoms with Gasteiger partial charge in [-0.25, -0.2) is 0 Å². The van der Waals surface area contributed by atoms with Crippen LogP contribution in [0.4, 0.5) is 5.69 Å². The Hall–Kier alpha value is -1.55. The molecule has 0 atom stereocenters. The minimum absolute atomic E-state index is 0.142. The van der Waals surface area contributed by atoms with Gasteiger partial charge in [0.15, 0.2) is 5.76 Å². The number of hydrogen-bond acceptors (Lipinski definition) is 3. The first-order chi connectivity index (χ1) is 8.11. The van der Waals surface area contributed by atoms with Crippen molar-refractivity contribution in [3.63, 3.8) is 0 Å². The Morgan fingerprint density at radius 2 is 2.12 bits per heavy atom. The third kappa shape index (κ3) is 2.42. The van der Waals surface area contributed by atoms with E-state index in [0.717, 1.165) is 12.2 Å². The molecule has 0 amide bonds. The van der Waals surface area contributed by atoms with Crippen molar-refractivity contribution in [1.82, 2.24) is 0 Å². The predicted molar refractivity (Wildman–Crippen MR) is 70.1 cm³/mol. The molecule has 0 saturated carbocycles. The van der Waals surface area contributed by atoms with Crippen LogP contribution in [-0.4, -0.2) is 5.78 Å². The summed E-state index contributed by atoms with van der Waals surface area (Å²) in [6, 6.07) is 8.61. The quantitative estimate of drug-likeness (QED) is 0.697. The maximum absolute atomic E-state index is 12.1. The van der Waals surface area contributed by atoms with Crippen LogP contribution in [0.1, 0.15) is 28.8 Å². The van der Waals surface area contributed by atoms with Gasteiger partial charge < -0.3 is 10.2 Å². The van der Waals surface area contributed by atoms with Crippen molar-refractivity contribution < 1.29 is 9.21 Å². The highest BCUT2D eigenvalue weighted by Crippen LogP contribution is 2.23. The standard InChI is InChI=1S/C13H12BrNO2/c1-2-9-4-6-12(17-9)13(16)10-5-3-8(15)7-11(10)14/h3-7H,2,15H2,1H3. The van der Waals surface area contributed by atoms with Crippen molar-refractivity contribution in [3.8, 4) is 0 Å². The number of nitrogen functional groups attached to an aromatic ring is 1. The Bertz CT molecular complexity index is 560. The van der Waals surface area contributed by atoms with Crippen LogP contribution >= 0.6 is 15.9 Å². The largest absolute Gasteiger partial charge is 0.458 e. The van der Waals surface area contributed by atoms with Crippen molar-refractivity contribution in [3.05, 3.63) is 51.9 Å². The summed E-state index contributed by atoms with van der Waals surface area (Å²) in [5.74, 6) is 1.02. The molecule has 0 spiro atoms. The normalized spacial score (nSPS) is 10.5. The summed E-state index contributed by atoms with van der Waals surface area (Å²) in [5, 5.41) is 0. The number of ketones is 1. The van der Waals surface area contributed by atoms with Crippen LogP contribution < -0.4 is 5.73 Å². The van der Waals surface area contributed by atoms with E-state index in [2.05, 4.69) is 15.9 Å². The van der Waals surface area contributed by atoms with Gasteiger partial charge in [0.1, 0.15) is 5.76 Å². The molecule has 4 heteroatoms. The molecule has 0 fully saturated rings. The third-order valence-electron chi connectivity index (χ3n) is 2.47. The van der Waals surface area contributed by atoms with Gasteiger partial charge in [-0.3, -0.25) is 4.79 Å². The zero-order chi connectivity index (χ0) is 12.4. The molecule has 88 valence electrons. The summed E-state index contributed by atoms with van der Waals surface area (Å²) in [7, 11) is 0. The number of hydrogen-bond donors (Lipinski definition) is 1. The molecule has 0 aliphatic rings. The zero-order valence-electron chi connectivity index (χ0n) is 9.37. The van der Waals surface area contributed by atoms with E-state index in [0.29, 0.717) is 21.5 Å². The van der Waals surface area contributed by atoms with Crippen molar-refractivity contribution in [2.45, 2.75) is 13.3 Å². The third-order valence-corrected chi connectivity index (χ3v) is 3.13. The van der Waals surface area contributed by atoms with E-state index < -0.39 is 0 Å². The van der Waals surface area contributed by atoms with E-state index in [9.17, 15) is 4.79 Å². The summed E-state index contributed by atoms with van der Waals surface area (Å²) in [4.78, 5) is 12.1. The molecule has 0 saturated heterocycles. The summed E-state index contributed by atoms with van der Waals surface area (Å²) < 4.78 is 6.11. The maximum Gasteiger partial charge on any atom is 0.229 e. The fourth-order valence-corrected chi connectivity index (χ4v) is 2.11. The summed E-state index contributed by atoms with van der Waals surface area (Å²) in [5.41, 5.74) is 6.79. The minimum atomic E-state index is -0.142. The molecule has 0 aliphatic heterocycles. The summed E-state index contributed by atoms with van der Waals surface area (Å²) >= 11 is 3.33. The van der Waals surface area contributed by atoms with Gasteiger partial charge in [-0.05, 0) is 46.3 Å². The highest BCUT2D eigenvalue weighted by atomic mass is 79.9. The first-order valence-electron chi connectivity index (χ1n) is 5.30. The molecular formula is C13H12BrNO2. The highest BCUT2D eigenvalue weighted by molar-refractivity contribution is 9.10. The number of aryl methyl sites for hydroxylation is 1. The number of carbonyl (C=O) groups excluding carboxylic acids is 1. The molecule has 2 rings (SSSR count). The second-order valence-corrected chi connectivity index (χ2v) is 4.54. The lowest BCUT2D eigenvalue weighted by molar-refractivity contribution is 0.101.